The maximum Gasteiger partial charge on any atom is 0.224 e. The molecule has 2 saturated heterocycles. The molecule has 0 radical (unpaired) electrons. The zero-order chi connectivity index (χ0) is 13.4. The minimum Gasteiger partial charge on any atom is -0.465 e. The van der Waals surface area contributed by atoms with Crippen LogP contribution in [0.15, 0.2) is 29.2 Å². The molecule has 0 unspecified atom stereocenters. The lowest BCUT2D eigenvalue weighted by molar-refractivity contribution is -0.128. The summed E-state index contributed by atoms with van der Waals surface area (Å²) in [6.45, 7) is 8.22. The number of aryl methyl sites for hydroxylation is 1. The zero-order valence-electron chi connectivity index (χ0n) is 11.3. The van der Waals surface area contributed by atoms with Crippen molar-refractivity contribution in [3.05, 3.63) is 36.3 Å². The summed E-state index contributed by atoms with van der Waals surface area (Å²) in [5, 5.41) is 0. The Balaban J connectivity index is 1.70. The average molecular weight is 260 g/mol. The minimum absolute atomic E-state index is 0.259. The number of furan rings is 1. The minimum atomic E-state index is 0.259. The zero-order valence-corrected chi connectivity index (χ0v) is 11.3. The predicted molar refractivity (Wildman–Crippen MR) is 72.6 cm³/mol. The molecule has 0 N–H and O–H groups in total. The third-order valence-corrected chi connectivity index (χ3v) is 4.21. The van der Waals surface area contributed by atoms with Gasteiger partial charge in [0, 0.05) is 31.6 Å². The van der Waals surface area contributed by atoms with Crippen LogP contribution < -0.4 is 0 Å². The number of amides is 1. The van der Waals surface area contributed by atoms with E-state index in [-0.39, 0.29) is 5.91 Å². The molecule has 0 bridgehead atoms. The quantitative estimate of drug-likeness (QED) is 0.776. The van der Waals surface area contributed by atoms with Crippen molar-refractivity contribution in [2.24, 2.45) is 0 Å². The second-order valence-electron chi connectivity index (χ2n) is 5.45. The SMILES string of the molecule is C=CCN1C(=O)C[C@H]2[C@H]1CCN2Cc1ccc(C)o1. The number of rotatable bonds is 4. The van der Waals surface area contributed by atoms with E-state index < -0.39 is 0 Å². The van der Waals surface area contributed by atoms with E-state index >= 15 is 0 Å². The van der Waals surface area contributed by atoms with Gasteiger partial charge >= 0.3 is 0 Å². The predicted octanol–water partition coefficient (Wildman–Crippen LogP) is 1.95. The van der Waals surface area contributed by atoms with Gasteiger partial charge in [-0.1, -0.05) is 6.08 Å². The molecule has 0 aromatic carbocycles. The first-order valence-electron chi connectivity index (χ1n) is 6.89. The lowest BCUT2D eigenvalue weighted by Crippen LogP contribution is -2.37. The second kappa shape index (κ2) is 4.85. The van der Waals surface area contributed by atoms with Gasteiger partial charge in [-0.25, -0.2) is 0 Å². The highest BCUT2D eigenvalue weighted by Crippen LogP contribution is 2.33. The lowest BCUT2D eigenvalue weighted by Gasteiger charge is -2.24. The van der Waals surface area contributed by atoms with E-state index in [4.69, 9.17) is 4.42 Å². The molecule has 0 spiro atoms. The van der Waals surface area contributed by atoms with Gasteiger partial charge in [-0.3, -0.25) is 9.69 Å². The van der Waals surface area contributed by atoms with Crippen molar-refractivity contribution >= 4 is 5.91 Å². The van der Waals surface area contributed by atoms with Crippen LogP contribution in [0.4, 0.5) is 0 Å². The van der Waals surface area contributed by atoms with Gasteiger partial charge in [0.15, 0.2) is 0 Å². The van der Waals surface area contributed by atoms with Gasteiger partial charge < -0.3 is 9.32 Å². The molecule has 4 heteroatoms. The highest BCUT2D eigenvalue weighted by Gasteiger charge is 2.46. The van der Waals surface area contributed by atoms with Gasteiger partial charge in [-0.2, -0.15) is 0 Å². The summed E-state index contributed by atoms with van der Waals surface area (Å²) in [5.41, 5.74) is 0. The van der Waals surface area contributed by atoms with Gasteiger partial charge in [0.1, 0.15) is 11.5 Å². The second-order valence-corrected chi connectivity index (χ2v) is 5.45. The molecule has 102 valence electrons. The van der Waals surface area contributed by atoms with Crippen molar-refractivity contribution in [3.63, 3.8) is 0 Å². The van der Waals surface area contributed by atoms with Crippen molar-refractivity contribution < 1.29 is 9.21 Å². The molecule has 1 amide bonds. The van der Waals surface area contributed by atoms with Gasteiger partial charge in [0.05, 0.1) is 6.54 Å². The summed E-state index contributed by atoms with van der Waals surface area (Å²) in [5.74, 6) is 2.20. The van der Waals surface area contributed by atoms with Crippen molar-refractivity contribution in [2.45, 2.75) is 38.4 Å². The summed E-state index contributed by atoms with van der Waals surface area (Å²) >= 11 is 0. The van der Waals surface area contributed by atoms with Crippen LogP contribution in [0, 0.1) is 6.92 Å². The van der Waals surface area contributed by atoms with E-state index in [1.54, 1.807) is 0 Å². The molecule has 2 aliphatic heterocycles. The first-order valence-corrected chi connectivity index (χ1v) is 6.89. The number of hydrogen-bond acceptors (Lipinski definition) is 3. The number of hydrogen-bond donors (Lipinski definition) is 0. The molecule has 1 aromatic rings. The summed E-state index contributed by atoms with van der Waals surface area (Å²) in [4.78, 5) is 16.4. The fourth-order valence-corrected chi connectivity index (χ4v) is 3.35. The summed E-state index contributed by atoms with van der Waals surface area (Å²) < 4.78 is 5.64. The van der Waals surface area contributed by atoms with Crippen molar-refractivity contribution in [2.75, 3.05) is 13.1 Å². The lowest BCUT2D eigenvalue weighted by atomic mass is 10.1. The monoisotopic (exact) mass is 260 g/mol. The first-order chi connectivity index (χ1) is 9.19. The molecule has 2 aliphatic rings. The Bertz CT molecular complexity index is 494. The third kappa shape index (κ3) is 2.21. The van der Waals surface area contributed by atoms with Gasteiger partial charge in [0.2, 0.25) is 5.91 Å². The van der Waals surface area contributed by atoms with Crippen LogP contribution in [0.2, 0.25) is 0 Å². The smallest absolute Gasteiger partial charge is 0.224 e. The fourth-order valence-electron chi connectivity index (χ4n) is 3.35. The number of carbonyl (C=O) groups is 1. The van der Waals surface area contributed by atoms with E-state index in [0.29, 0.717) is 25.0 Å². The molecule has 1 aromatic heterocycles. The Labute approximate surface area is 113 Å². The number of nitrogens with zero attached hydrogens (tertiary/aromatic N) is 2. The fraction of sp³-hybridized carbons (Fsp3) is 0.533. The Morgan fingerprint density at radius 2 is 2.32 bits per heavy atom. The number of carbonyl (C=O) groups excluding carboxylic acids is 1. The summed E-state index contributed by atoms with van der Waals surface area (Å²) in [7, 11) is 0. The molecule has 4 nitrogen and oxygen atoms in total. The normalized spacial score (nSPS) is 27.0. The summed E-state index contributed by atoms with van der Waals surface area (Å²) in [6.07, 6.45) is 3.51. The molecule has 19 heavy (non-hydrogen) atoms. The molecule has 3 rings (SSSR count). The van der Waals surface area contributed by atoms with E-state index in [9.17, 15) is 4.79 Å². The van der Waals surface area contributed by atoms with Crippen LogP contribution in [0.25, 0.3) is 0 Å². The topological polar surface area (TPSA) is 36.7 Å². The van der Waals surface area contributed by atoms with Crippen LogP contribution in [0.3, 0.4) is 0 Å². The van der Waals surface area contributed by atoms with Crippen LogP contribution in [-0.2, 0) is 11.3 Å². The molecular formula is C15H20N2O2. The highest BCUT2D eigenvalue weighted by molar-refractivity contribution is 5.80. The number of fused-ring (bicyclic) bond motifs is 1. The van der Waals surface area contributed by atoms with Crippen molar-refractivity contribution in [1.29, 1.82) is 0 Å². The Hall–Kier alpha value is -1.55. The van der Waals surface area contributed by atoms with E-state index in [0.717, 1.165) is 31.0 Å². The van der Waals surface area contributed by atoms with Crippen LogP contribution >= 0.6 is 0 Å². The molecule has 0 aliphatic carbocycles. The Morgan fingerprint density at radius 1 is 1.47 bits per heavy atom. The maximum atomic E-state index is 12.0. The van der Waals surface area contributed by atoms with Crippen LogP contribution in [0.1, 0.15) is 24.4 Å². The molecule has 3 heterocycles. The van der Waals surface area contributed by atoms with Gasteiger partial charge in [0.25, 0.3) is 0 Å². The van der Waals surface area contributed by atoms with Gasteiger partial charge in [-0.05, 0) is 25.5 Å². The summed E-state index contributed by atoms with van der Waals surface area (Å²) in [6, 6.07) is 4.73. The average Bonchev–Trinajstić information content (AvgIpc) is 3.02. The van der Waals surface area contributed by atoms with Crippen molar-refractivity contribution in [3.8, 4) is 0 Å². The van der Waals surface area contributed by atoms with Crippen LogP contribution in [0.5, 0.6) is 0 Å². The van der Waals surface area contributed by atoms with Crippen molar-refractivity contribution in [1.82, 2.24) is 9.80 Å². The van der Waals surface area contributed by atoms with Gasteiger partial charge in [-0.15, -0.1) is 6.58 Å². The van der Waals surface area contributed by atoms with E-state index in [2.05, 4.69) is 11.5 Å². The Morgan fingerprint density at radius 3 is 3.00 bits per heavy atom. The first kappa shape index (κ1) is 12.5. The maximum absolute atomic E-state index is 12.0. The third-order valence-electron chi connectivity index (χ3n) is 4.21. The van der Waals surface area contributed by atoms with E-state index in [1.807, 2.05) is 30.0 Å². The molecular weight excluding hydrogens is 240 g/mol. The van der Waals surface area contributed by atoms with Crippen LogP contribution in [-0.4, -0.2) is 40.9 Å². The number of likely N-dealkylation sites (tertiary alicyclic amines) is 2. The standard InChI is InChI=1S/C15H20N2O2/c1-3-7-17-13-6-8-16(14(13)9-15(17)18)10-12-5-4-11(2)19-12/h3-5,13-14H,1,6-10H2,2H3/t13-,14+/m1/s1. The molecule has 2 atom stereocenters. The highest BCUT2D eigenvalue weighted by atomic mass is 16.3. The Kier molecular flexibility index (Phi) is 3.19. The van der Waals surface area contributed by atoms with E-state index in [1.165, 1.54) is 0 Å². The molecule has 0 saturated carbocycles. The largest absolute Gasteiger partial charge is 0.465 e. The molecule has 2 fully saturated rings.